The fraction of sp³-hybridized carbons (Fsp3) is 0. The van der Waals surface area contributed by atoms with Crippen LogP contribution in [0.15, 0.2) is 54.7 Å². The summed E-state index contributed by atoms with van der Waals surface area (Å²) in [5.74, 6) is -0.0327. The molecule has 104 valence electrons. The molecule has 0 atom stereocenters. The van der Waals surface area contributed by atoms with Crippen LogP contribution in [0.1, 0.15) is 10.4 Å². The minimum Gasteiger partial charge on any atom is -0.478 e. The van der Waals surface area contributed by atoms with E-state index in [1.165, 1.54) is 12.1 Å². The van der Waals surface area contributed by atoms with Gasteiger partial charge in [0.15, 0.2) is 0 Å². The molecule has 0 aliphatic rings. The number of aromatic nitrogens is 1. The number of aromatic carboxylic acids is 1. The zero-order chi connectivity index (χ0) is 14.8. The number of hydrogen-bond donors (Lipinski definition) is 1. The topological polar surface area (TPSA) is 59.4 Å². The lowest BCUT2D eigenvalue weighted by Gasteiger charge is -2.08. The number of nitrogens with zero attached hydrogens (tertiary/aromatic N) is 1. The van der Waals surface area contributed by atoms with Crippen LogP contribution in [0.2, 0.25) is 5.02 Å². The first-order chi connectivity index (χ1) is 10.1. The zero-order valence-corrected chi connectivity index (χ0v) is 11.5. The summed E-state index contributed by atoms with van der Waals surface area (Å²) in [6, 6.07) is 13.5. The predicted octanol–water partition coefficient (Wildman–Crippen LogP) is 4.38. The summed E-state index contributed by atoms with van der Waals surface area (Å²) < 4.78 is 5.72. The first-order valence-electron chi connectivity index (χ1n) is 6.19. The Morgan fingerprint density at radius 3 is 2.57 bits per heavy atom. The molecule has 0 aliphatic carbocycles. The number of benzene rings is 2. The number of carboxylic acid groups (broad SMARTS) is 1. The lowest BCUT2D eigenvalue weighted by molar-refractivity contribution is 0.0697. The lowest BCUT2D eigenvalue weighted by atomic mass is 10.2. The summed E-state index contributed by atoms with van der Waals surface area (Å²) in [6.45, 7) is 0. The number of pyridine rings is 1. The SMILES string of the molecule is O=C(O)c1ccc(Oc2nccc3ccc(Cl)cc23)cc1. The molecular formula is C16H10ClNO3. The summed E-state index contributed by atoms with van der Waals surface area (Å²) in [5.41, 5.74) is 0.205. The number of carboxylic acids is 1. The highest BCUT2D eigenvalue weighted by atomic mass is 35.5. The van der Waals surface area contributed by atoms with Crippen LogP contribution in [0.5, 0.6) is 11.6 Å². The molecule has 0 aliphatic heterocycles. The van der Waals surface area contributed by atoms with E-state index in [1.54, 1.807) is 30.5 Å². The minimum absolute atomic E-state index is 0.205. The van der Waals surface area contributed by atoms with Crippen LogP contribution in [0.3, 0.4) is 0 Å². The summed E-state index contributed by atoms with van der Waals surface area (Å²) >= 11 is 6.00. The van der Waals surface area contributed by atoms with E-state index in [4.69, 9.17) is 21.4 Å². The van der Waals surface area contributed by atoms with Gasteiger partial charge in [0.05, 0.1) is 5.56 Å². The van der Waals surface area contributed by atoms with Gasteiger partial charge in [-0.3, -0.25) is 0 Å². The molecule has 0 spiro atoms. The molecule has 0 bridgehead atoms. The van der Waals surface area contributed by atoms with Crippen molar-refractivity contribution in [3.63, 3.8) is 0 Å². The molecule has 0 fully saturated rings. The van der Waals surface area contributed by atoms with Crippen LogP contribution in [-0.2, 0) is 0 Å². The highest BCUT2D eigenvalue weighted by molar-refractivity contribution is 6.31. The molecule has 0 saturated carbocycles. The van der Waals surface area contributed by atoms with E-state index in [1.807, 2.05) is 12.1 Å². The fourth-order valence-electron chi connectivity index (χ4n) is 1.97. The number of fused-ring (bicyclic) bond motifs is 1. The van der Waals surface area contributed by atoms with Crippen molar-refractivity contribution in [2.75, 3.05) is 0 Å². The van der Waals surface area contributed by atoms with Gasteiger partial charge in [-0.05, 0) is 47.9 Å². The van der Waals surface area contributed by atoms with Gasteiger partial charge in [-0.15, -0.1) is 0 Å². The van der Waals surface area contributed by atoms with Gasteiger partial charge in [0.2, 0.25) is 5.88 Å². The van der Waals surface area contributed by atoms with Crippen molar-refractivity contribution in [1.82, 2.24) is 4.98 Å². The molecule has 0 radical (unpaired) electrons. The monoisotopic (exact) mass is 299 g/mol. The van der Waals surface area contributed by atoms with Gasteiger partial charge >= 0.3 is 5.97 Å². The van der Waals surface area contributed by atoms with Crippen molar-refractivity contribution < 1.29 is 14.6 Å². The maximum atomic E-state index is 10.8. The van der Waals surface area contributed by atoms with Crippen molar-refractivity contribution in [2.45, 2.75) is 0 Å². The van der Waals surface area contributed by atoms with E-state index in [0.717, 1.165) is 10.8 Å². The molecule has 1 heterocycles. The fourth-order valence-corrected chi connectivity index (χ4v) is 2.14. The molecule has 3 rings (SSSR count). The first kappa shape index (κ1) is 13.4. The third-order valence-corrected chi connectivity index (χ3v) is 3.24. The van der Waals surface area contributed by atoms with E-state index in [2.05, 4.69) is 4.98 Å². The Morgan fingerprint density at radius 1 is 1.10 bits per heavy atom. The summed E-state index contributed by atoms with van der Waals surface area (Å²) in [5, 5.41) is 11.2. The molecule has 5 heteroatoms. The number of ether oxygens (including phenoxy) is 1. The molecule has 1 N–H and O–H groups in total. The summed E-state index contributed by atoms with van der Waals surface area (Å²) in [4.78, 5) is 15.0. The molecule has 4 nitrogen and oxygen atoms in total. The Kier molecular flexibility index (Phi) is 3.46. The average Bonchev–Trinajstić information content (AvgIpc) is 2.48. The Labute approximate surface area is 125 Å². The molecule has 0 unspecified atom stereocenters. The van der Waals surface area contributed by atoms with Gasteiger partial charge in [-0.25, -0.2) is 9.78 Å². The van der Waals surface area contributed by atoms with Crippen LogP contribution < -0.4 is 4.74 Å². The lowest BCUT2D eigenvalue weighted by Crippen LogP contribution is -1.95. The average molecular weight is 300 g/mol. The third-order valence-electron chi connectivity index (χ3n) is 3.01. The van der Waals surface area contributed by atoms with Gasteiger partial charge in [-0.1, -0.05) is 17.7 Å². The third kappa shape index (κ3) is 2.80. The number of hydrogen-bond acceptors (Lipinski definition) is 3. The Bertz CT molecular complexity index is 815. The van der Waals surface area contributed by atoms with E-state index in [9.17, 15) is 4.79 Å². The molecule has 1 aromatic heterocycles. The number of rotatable bonds is 3. The van der Waals surface area contributed by atoms with Gasteiger partial charge in [-0.2, -0.15) is 0 Å². The second kappa shape index (κ2) is 5.42. The van der Waals surface area contributed by atoms with Crippen LogP contribution in [0, 0.1) is 0 Å². The molecule has 21 heavy (non-hydrogen) atoms. The quantitative estimate of drug-likeness (QED) is 0.779. The Morgan fingerprint density at radius 2 is 1.86 bits per heavy atom. The second-order valence-electron chi connectivity index (χ2n) is 4.41. The largest absolute Gasteiger partial charge is 0.478 e. The number of halogens is 1. The first-order valence-corrected chi connectivity index (χ1v) is 6.57. The van der Waals surface area contributed by atoms with Gasteiger partial charge in [0.1, 0.15) is 5.75 Å². The van der Waals surface area contributed by atoms with Crippen molar-refractivity contribution in [3.8, 4) is 11.6 Å². The van der Waals surface area contributed by atoms with Crippen LogP contribution in [0.25, 0.3) is 10.8 Å². The van der Waals surface area contributed by atoms with E-state index in [-0.39, 0.29) is 5.56 Å². The zero-order valence-electron chi connectivity index (χ0n) is 10.8. The summed E-state index contributed by atoms with van der Waals surface area (Å²) in [6.07, 6.45) is 1.65. The smallest absolute Gasteiger partial charge is 0.335 e. The highest BCUT2D eigenvalue weighted by Gasteiger charge is 2.07. The van der Waals surface area contributed by atoms with Crippen molar-refractivity contribution >= 4 is 28.3 Å². The Balaban J connectivity index is 1.97. The molecule has 3 aromatic rings. The Hall–Kier alpha value is -2.59. The van der Waals surface area contributed by atoms with Crippen molar-refractivity contribution in [2.24, 2.45) is 0 Å². The van der Waals surface area contributed by atoms with E-state index >= 15 is 0 Å². The standard InChI is InChI=1S/C16H10ClNO3/c17-12-4-1-10-7-8-18-15(14(10)9-12)21-13-5-2-11(3-6-13)16(19)20/h1-9H,(H,19,20). The maximum Gasteiger partial charge on any atom is 0.335 e. The van der Waals surface area contributed by atoms with Gasteiger partial charge < -0.3 is 9.84 Å². The van der Waals surface area contributed by atoms with Crippen molar-refractivity contribution in [1.29, 1.82) is 0 Å². The normalized spacial score (nSPS) is 10.5. The van der Waals surface area contributed by atoms with Crippen LogP contribution in [-0.4, -0.2) is 16.1 Å². The molecular weight excluding hydrogens is 290 g/mol. The predicted molar refractivity (Wildman–Crippen MR) is 80.2 cm³/mol. The van der Waals surface area contributed by atoms with Gasteiger partial charge in [0.25, 0.3) is 0 Å². The number of carbonyl (C=O) groups is 1. The van der Waals surface area contributed by atoms with Crippen LogP contribution >= 0.6 is 11.6 Å². The van der Waals surface area contributed by atoms with Gasteiger partial charge in [0, 0.05) is 16.6 Å². The van der Waals surface area contributed by atoms with E-state index < -0.39 is 5.97 Å². The molecule has 0 amide bonds. The second-order valence-corrected chi connectivity index (χ2v) is 4.85. The highest BCUT2D eigenvalue weighted by Crippen LogP contribution is 2.29. The van der Waals surface area contributed by atoms with Crippen molar-refractivity contribution in [3.05, 3.63) is 65.3 Å². The molecule has 0 saturated heterocycles. The summed E-state index contributed by atoms with van der Waals surface area (Å²) in [7, 11) is 0. The van der Waals surface area contributed by atoms with E-state index in [0.29, 0.717) is 16.7 Å². The molecule has 2 aromatic carbocycles. The minimum atomic E-state index is -0.975. The van der Waals surface area contributed by atoms with Crippen LogP contribution in [0.4, 0.5) is 0 Å². The maximum absolute atomic E-state index is 10.8.